The third-order valence-corrected chi connectivity index (χ3v) is 4.07. The van der Waals surface area contributed by atoms with Crippen LogP contribution in [0, 0.1) is 6.92 Å². The minimum absolute atomic E-state index is 0.897. The standard InChI is InChI=1S/C15H21N3S/c1-4-16-9-14-10-17-15(19-14)18(3)11-13-7-5-12(2)6-8-13/h5-8,10,16H,4,9,11H2,1-3H3. The quantitative estimate of drug-likeness (QED) is 0.877. The molecule has 0 fully saturated rings. The van der Waals surface area contributed by atoms with Crippen molar-refractivity contribution >= 4 is 16.5 Å². The van der Waals surface area contributed by atoms with Crippen LogP contribution >= 0.6 is 11.3 Å². The average Bonchev–Trinajstić information content (AvgIpc) is 2.88. The van der Waals surface area contributed by atoms with Gasteiger partial charge in [-0.15, -0.1) is 11.3 Å². The second-order valence-electron chi connectivity index (χ2n) is 4.73. The first-order valence-corrected chi connectivity index (χ1v) is 7.42. The molecule has 4 heteroatoms. The van der Waals surface area contributed by atoms with Crippen molar-refractivity contribution in [1.82, 2.24) is 10.3 Å². The van der Waals surface area contributed by atoms with Crippen molar-refractivity contribution in [2.75, 3.05) is 18.5 Å². The van der Waals surface area contributed by atoms with Crippen LogP contribution in [0.15, 0.2) is 30.5 Å². The van der Waals surface area contributed by atoms with Gasteiger partial charge in [0.05, 0.1) is 0 Å². The van der Waals surface area contributed by atoms with Gasteiger partial charge in [0.25, 0.3) is 0 Å². The number of thiazole rings is 1. The van der Waals surface area contributed by atoms with Gasteiger partial charge in [-0.05, 0) is 19.0 Å². The minimum atomic E-state index is 0.897. The number of nitrogens with zero attached hydrogens (tertiary/aromatic N) is 2. The summed E-state index contributed by atoms with van der Waals surface area (Å²) in [5.41, 5.74) is 2.62. The Balaban J connectivity index is 1.97. The summed E-state index contributed by atoms with van der Waals surface area (Å²) in [6, 6.07) is 8.67. The highest BCUT2D eigenvalue weighted by molar-refractivity contribution is 7.15. The number of benzene rings is 1. The summed E-state index contributed by atoms with van der Waals surface area (Å²) in [7, 11) is 2.09. The first-order valence-electron chi connectivity index (χ1n) is 6.61. The van der Waals surface area contributed by atoms with Crippen LogP contribution in [-0.2, 0) is 13.1 Å². The predicted molar refractivity (Wildman–Crippen MR) is 82.8 cm³/mol. The second kappa shape index (κ2) is 6.68. The molecule has 0 aliphatic heterocycles. The third kappa shape index (κ3) is 4.04. The number of aryl methyl sites for hydroxylation is 1. The zero-order chi connectivity index (χ0) is 13.7. The molecule has 102 valence electrons. The molecule has 0 amide bonds. The summed E-state index contributed by atoms with van der Waals surface area (Å²) < 4.78 is 0. The third-order valence-electron chi connectivity index (χ3n) is 2.96. The fourth-order valence-corrected chi connectivity index (χ4v) is 2.68. The van der Waals surface area contributed by atoms with Crippen LogP contribution in [-0.4, -0.2) is 18.6 Å². The average molecular weight is 275 g/mol. The molecule has 2 rings (SSSR count). The lowest BCUT2D eigenvalue weighted by molar-refractivity contribution is 0.734. The molecule has 1 N–H and O–H groups in total. The fourth-order valence-electron chi connectivity index (χ4n) is 1.84. The van der Waals surface area contributed by atoms with E-state index >= 15 is 0 Å². The van der Waals surface area contributed by atoms with Crippen molar-refractivity contribution in [3.8, 4) is 0 Å². The minimum Gasteiger partial charge on any atom is -0.347 e. The maximum Gasteiger partial charge on any atom is 0.185 e. The molecule has 0 spiro atoms. The van der Waals surface area contributed by atoms with Crippen LogP contribution in [0.5, 0.6) is 0 Å². The molecule has 0 bridgehead atoms. The van der Waals surface area contributed by atoms with Gasteiger partial charge in [0, 0.05) is 31.2 Å². The van der Waals surface area contributed by atoms with E-state index in [0.717, 1.165) is 24.8 Å². The molecule has 3 nitrogen and oxygen atoms in total. The molecule has 0 atom stereocenters. The lowest BCUT2D eigenvalue weighted by atomic mass is 10.1. The summed E-state index contributed by atoms with van der Waals surface area (Å²) in [4.78, 5) is 7.97. The van der Waals surface area contributed by atoms with Crippen LogP contribution in [0.25, 0.3) is 0 Å². The molecule has 1 heterocycles. The van der Waals surface area contributed by atoms with Gasteiger partial charge in [-0.25, -0.2) is 4.98 Å². The zero-order valence-electron chi connectivity index (χ0n) is 11.8. The van der Waals surface area contributed by atoms with Gasteiger partial charge in [-0.2, -0.15) is 0 Å². The highest BCUT2D eigenvalue weighted by atomic mass is 32.1. The van der Waals surface area contributed by atoms with Gasteiger partial charge in [-0.3, -0.25) is 0 Å². The molecular formula is C15H21N3S. The van der Waals surface area contributed by atoms with E-state index in [1.807, 2.05) is 6.20 Å². The molecule has 1 aromatic carbocycles. The molecule has 0 saturated carbocycles. The van der Waals surface area contributed by atoms with E-state index in [1.165, 1.54) is 16.0 Å². The van der Waals surface area contributed by atoms with Crippen LogP contribution in [0.2, 0.25) is 0 Å². The van der Waals surface area contributed by atoms with Gasteiger partial charge < -0.3 is 10.2 Å². The topological polar surface area (TPSA) is 28.2 Å². The molecular weight excluding hydrogens is 254 g/mol. The molecule has 19 heavy (non-hydrogen) atoms. The first kappa shape index (κ1) is 14.0. The highest BCUT2D eigenvalue weighted by Gasteiger charge is 2.07. The Hall–Kier alpha value is -1.39. The maximum atomic E-state index is 4.49. The van der Waals surface area contributed by atoms with Gasteiger partial charge in [0.15, 0.2) is 5.13 Å². The zero-order valence-corrected chi connectivity index (χ0v) is 12.6. The van der Waals surface area contributed by atoms with Crippen molar-refractivity contribution in [3.63, 3.8) is 0 Å². The van der Waals surface area contributed by atoms with Crippen molar-refractivity contribution in [1.29, 1.82) is 0 Å². The van der Waals surface area contributed by atoms with E-state index in [9.17, 15) is 0 Å². The van der Waals surface area contributed by atoms with E-state index in [1.54, 1.807) is 11.3 Å². The largest absolute Gasteiger partial charge is 0.347 e. The molecule has 0 saturated heterocycles. The van der Waals surface area contributed by atoms with Gasteiger partial charge >= 0.3 is 0 Å². The van der Waals surface area contributed by atoms with Crippen LogP contribution in [0.1, 0.15) is 22.9 Å². The Morgan fingerprint density at radius 2 is 2.00 bits per heavy atom. The molecule has 2 aromatic rings. The van der Waals surface area contributed by atoms with Gasteiger partial charge in [0.2, 0.25) is 0 Å². The number of aromatic nitrogens is 1. The van der Waals surface area contributed by atoms with Crippen LogP contribution in [0.4, 0.5) is 5.13 Å². The predicted octanol–water partition coefficient (Wildman–Crippen LogP) is 3.20. The molecule has 0 radical (unpaired) electrons. The summed E-state index contributed by atoms with van der Waals surface area (Å²) in [5, 5.41) is 4.40. The van der Waals surface area contributed by atoms with Gasteiger partial charge in [0.1, 0.15) is 0 Å². The van der Waals surface area contributed by atoms with Crippen molar-refractivity contribution < 1.29 is 0 Å². The first-order chi connectivity index (χ1) is 9.19. The Kier molecular flexibility index (Phi) is 4.93. The Bertz CT molecular complexity index is 504. The second-order valence-corrected chi connectivity index (χ2v) is 5.82. The molecule has 0 aliphatic rings. The number of rotatable bonds is 6. The number of anilines is 1. The number of hydrogen-bond donors (Lipinski definition) is 1. The lowest BCUT2D eigenvalue weighted by Gasteiger charge is -2.15. The number of nitrogens with one attached hydrogen (secondary N) is 1. The SMILES string of the molecule is CCNCc1cnc(N(C)Cc2ccc(C)cc2)s1. The van der Waals surface area contributed by atoms with Crippen LogP contribution in [0.3, 0.4) is 0 Å². The lowest BCUT2D eigenvalue weighted by Crippen LogP contribution is -2.15. The summed E-state index contributed by atoms with van der Waals surface area (Å²) in [6.07, 6.45) is 1.97. The van der Waals surface area contributed by atoms with Gasteiger partial charge in [-0.1, -0.05) is 36.8 Å². The van der Waals surface area contributed by atoms with E-state index in [4.69, 9.17) is 0 Å². The molecule has 0 aliphatic carbocycles. The Morgan fingerprint density at radius 1 is 1.26 bits per heavy atom. The smallest absolute Gasteiger partial charge is 0.185 e. The van der Waals surface area contributed by atoms with E-state index in [0.29, 0.717) is 0 Å². The van der Waals surface area contributed by atoms with E-state index in [-0.39, 0.29) is 0 Å². The summed E-state index contributed by atoms with van der Waals surface area (Å²) >= 11 is 1.76. The Labute approximate surface area is 119 Å². The summed E-state index contributed by atoms with van der Waals surface area (Å²) in [6.45, 7) is 7.03. The van der Waals surface area contributed by atoms with E-state index < -0.39 is 0 Å². The summed E-state index contributed by atoms with van der Waals surface area (Å²) in [5.74, 6) is 0. The molecule has 0 unspecified atom stereocenters. The van der Waals surface area contributed by atoms with Crippen molar-refractivity contribution in [2.24, 2.45) is 0 Å². The Morgan fingerprint density at radius 3 is 2.68 bits per heavy atom. The number of hydrogen-bond acceptors (Lipinski definition) is 4. The monoisotopic (exact) mass is 275 g/mol. The highest BCUT2D eigenvalue weighted by Crippen LogP contribution is 2.22. The van der Waals surface area contributed by atoms with E-state index in [2.05, 4.69) is 60.4 Å². The van der Waals surface area contributed by atoms with Crippen LogP contribution < -0.4 is 10.2 Å². The van der Waals surface area contributed by atoms with Crippen molar-refractivity contribution in [2.45, 2.75) is 26.9 Å². The fraction of sp³-hybridized carbons (Fsp3) is 0.400. The van der Waals surface area contributed by atoms with Crippen molar-refractivity contribution in [3.05, 3.63) is 46.5 Å². The maximum absolute atomic E-state index is 4.49. The molecule has 1 aromatic heterocycles. The normalized spacial score (nSPS) is 10.7.